The molecule has 2 aliphatic rings. The quantitative estimate of drug-likeness (QED) is 0.746. The number of rotatable bonds is 4. The highest BCUT2D eigenvalue weighted by Crippen LogP contribution is 2.35. The summed E-state index contributed by atoms with van der Waals surface area (Å²) in [5.74, 6) is 1.12. The molecule has 29 heavy (non-hydrogen) atoms. The minimum atomic E-state index is -0.426. The van der Waals surface area contributed by atoms with E-state index < -0.39 is 6.04 Å². The molecule has 2 aromatic rings. The van der Waals surface area contributed by atoms with Gasteiger partial charge in [0.2, 0.25) is 5.91 Å². The lowest BCUT2D eigenvalue weighted by molar-refractivity contribution is -0.123. The number of nitrogens with zero attached hydrogens (tertiary/aromatic N) is 2. The number of fused-ring (bicyclic) bond motifs is 1. The van der Waals surface area contributed by atoms with Crippen LogP contribution in [0.25, 0.3) is 0 Å². The van der Waals surface area contributed by atoms with E-state index in [1.54, 1.807) is 14.2 Å². The summed E-state index contributed by atoms with van der Waals surface area (Å²) in [7, 11) is 3.25. The molecule has 2 amide bonds. The van der Waals surface area contributed by atoms with Gasteiger partial charge in [-0.25, -0.2) is 4.90 Å². The van der Waals surface area contributed by atoms with Gasteiger partial charge in [-0.05, 0) is 66.8 Å². The van der Waals surface area contributed by atoms with Crippen LogP contribution in [0, 0.1) is 13.8 Å². The van der Waals surface area contributed by atoms with Gasteiger partial charge < -0.3 is 9.47 Å². The van der Waals surface area contributed by atoms with Crippen molar-refractivity contribution in [3.63, 3.8) is 0 Å². The standard InChI is InChI=1S/C23H26N2O4/c1-14-5-6-18(9-15(14)2)25-22(26)12-19(23(25)27)24-8-7-16-10-20(28-3)21(29-4)11-17(16)13-24/h5-6,9-11,19H,7-8,12-13H2,1-4H3/t19-/m1/s1. The molecule has 2 heterocycles. The first-order valence-electron chi connectivity index (χ1n) is 9.84. The molecule has 1 saturated heterocycles. The first-order chi connectivity index (χ1) is 13.9. The SMILES string of the molecule is COc1cc2c(cc1OC)CN([C@@H]1CC(=O)N(c3ccc(C)c(C)c3)C1=O)CC2. The van der Waals surface area contributed by atoms with E-state index in [9.17, 15) is 9.59 Å². The minimum Gasteiger partial charge on any atom is -0.493 e. The third-order valence-corrected chi connectivity index (χ3v) is 6.06. The Bertz CT molecular complexity index is 985. The second kappa shape index (κ2) is 7.52. The van der Waals surface area contributed by atoms with Gasteiger partial charge in [0.05, 0.1) is 32.4 Å². The zero-order valence-corrected chi connectivity index (χ0v) is 17.3. The van der Waals surface area contributed by atoms with Gasteiger partial charge in [0, 0.05) is 13.1 Å². The van der Waals surface area contributed by atoms with Crippen LogP contribution in [0.1, 0.15) is 28.7 Å². The van der Waals surface area contributed by atoms with E-state index in [-0.39, 0.29) is 18.2 Å². The molecule has 1 fully saturated rings. The number of carbonyl (C=O) groups excluding carboxylic acids is 2. The number of imide groups is 1. The molecule has 0 saturated carbocycles. The van der Waals surface area contributed by atoms with Gasteiger partial charge in [-0.3, -0.25) is 14.5 Å². The van der Waals surface area contributed by atoms with E-state index >= 15 is 0 Å². The summed E-state index contributed by atoms with van der Waals surface area (Å²) in [6.45, 7) is 5.35. The van der Waals surface area contributed by atoms with Gasteiger partial charge in [0.25, 0.3) is 5.91 Å². The third-order valence-electron chi connectivity index (χ3n) is 6.06. The zero-order valence-electron chi connectivity index (χ0n) is 17.3. The molecular weight excluding hydrogens is 368 g/mol. The molecule has 0 aromatic heterocycles. The Morgan fingerprint density at radius 2 is 1.62 bits per heavy atom. The van der Waals surface area contributed by atoms with Crippen molar-refractivity contribution in [3.05, 3.63) is 52.6 Å². The topological polar surface area (TPSA) is 59.1 Å². The van der Waals surface area contributed by atoms with Crippen LogP contribution in [0.15, 0.2) is 30.3 Å². The molecule has 0 N–H and O–H groups in total. The van der Waals surface area contributed by atoms with Gasteiger partial charge in [-0.2, -0.15) is 0 Å². The molecule has 0 unspecified atom stereocenters. The first-order valence-corrected chi connectivity index (χ1v) is 9.84. The molecule has 0 radical (unpaired) electrons. The summed E-state index contributed by atoms with van der Waals surface area (Å²) < 4.78 is 10.8. The van der Waals surface area contributed by atoms with Crippen molar-refractivity contribution in [2.45, 2.75) is 39.3 Å². The predicted octanol–water partition coefficient (Wildman–Crippen LogP) is 3.01. The van der Waals surface area contributed by atoms with E-state index in [0.717, 1.165) is 29.7 Å². The van der Waals surface area contributed by atoms with Crippen LogP contribution in [-0.4, -0.2) is 43.5 Å². The maximum atomic E-state index is 13.2. The Morgan fingerprint density at radius 3 is 2.28 bits per heavy atom. The average Bonchev–Trinajstić information content (AvgIpc) is 3.02. The van der Waals surface area contributed by atoms with Crippen LogP contribution >= 0.6 is 0 Å². The molecule has 1 atom stereocenters. The number of carbonyl (C=O) groups is 2. The summed E-state index contributed by atoms with van der Waals surface area (Å²) in [5, 5.41) is 0. The van der Waals surface area contributed by atoms with E-state index in [0.29, 0.717) is 23.7 Å². The number of hydrogen-bond acceptors (Lipinski definition) is 5. The third kappa shape index (κ3) is 3.38. The van der Waals surface area contributed by atoms with Crippen LogP contribution < -0.4 is 14.4 Å². The molecule has 0 bridgehead atoms. The van der Waals surface area contributed by atoms with E-state index in [1.807, 2.05) is 44.2 Å². The Kier molecular flexibility index (Phi) is 5.04. The molecule has 4 rings (SSSR count). The fraction of sp³-hybridized carbons (Fsp3) is 0.391. The Balaban J connectivity index is 1.58. The summed E-state index contributed by atoms with van der Waals surface area (Å²) in [6, 6.07) is 9.27. The van der Waals surface area contributed by atoms with Gasteiger partial charge in [-0.15, -0.1) is 0 Å². The second-order valence-electron chi connectivity index (χ2n) is 7.75. The first kappa shape index (κ1) is 19.5. The fourth-order valence-electron chi connectivity index (χ4n) is 4.21. The van der Waals surface area contributed by atoms with Crippen LogP contribution in [0.2, 0.25) is 0 Å². The maximum absolute atomic E-state index is 13.2. The predicted molar refractivity (Wildman–Crippen MR) is 110 cm³/mol. The number of ether oxygens (including phenoxy) is 2. The molecule has 0 aliphatic carbocycles. The van der Waals surface area contributed by atoms with E-state index in [2.05, 4.69) is 4.90 Å². The lowest BCUT2D eigenvalue weighted by Crippen LogP contribution is -2.44. The highest BCUT2D eigenvalue weighted by atomic mass is 16.5. The van der Waals surface area contributed by atoms with Crippen molar-refractivity contribution in [2.24, 2.45) is 0 Å². The minimum absolute atomic E-state index is 0.137. The molecule has 2 aromatic carbocycles. The summed E-state index contributed by atoms with van der Waals surface area (Å²) in [4.78, 5) is 29.3. The largest absolute Gasteiger partial charge is 0.493 e. The van der Waals surface area contributed by atoms with Gasteiger partial charge in [-0.1, -0.05) is 6.07 Å². The van der Waals surface area contributed by atoms with Crippen molar-refractivity contribution in [3.8, 4) is 11.5 Å². The van der Waals surface area contributed by atoms with Gasteiger partial charge in [0.15, 0.2) is 11.5 Å². The Labute approximate surface area is 171 Å². The van der Waals surface area contributed by atoms with Crippen LogP contribution in [-0.2, 0) is 22.6 Å². The van der Waals surface area contributed by atoms with Crippen molar-refractivity contribution >= 4 is 17.5 Å². The number of anilines is 1. The normalized spacial score (nSPS) is 19.4. The summed E-state index contributed by atoms with van der Waals surface area (Å²) in [6.07, 6.45) is 1.02. The second-order valence-corrected chi connectivity index (χ2v) is 7.75. The fourth-order valence-corrected chi connectivity index (χ4v) is 4.21. The van der Waals surface area contributed by atoms with E-state index in [1.165, 1.54) is 10.5 Å². The molecule has 6 nitrogen and oxygen atoms in total. The molecule has 0 spiro atoms. The van der Waals surface area contributed by atoms with Gasteiger partial charge >= 0.3 is 0 Å². The highest BCUT2D eigenvalue weighted by Gasteiger charge is 2.43. The number of aryl methyl sites for hydroxylation is 2. The number of methoxy groups -OCH3 is 2. The Morgan fingerprint density at radius 1 is 0.931 bits per heavy atom. The Hall–Kier alpha value is -2.86. The van der Waals surface area contributed by atoms with Crippen molar-refractivity contribution in [2.75, 3.05) is 25.7 Å². The average molecular weight is 394 g/mol. The smallest absolute Gasteiger partial charge is 0.251 e. The number of benzene rings is 2. The molecule has 2 aliphatic heterocycles. The lowest BCUT2D eigenvalue weighted by Gasteiger charge is -2.32. The van der Waals surface area contributed by atoms with Crippen molar-refractivity contribution < 1.29 is 19.1 Å². The van der Waals surface area contributed by atoms with E-state index in [4.69, 9.17) is 9.47 Å². The molecule has 152 valence electrons. The monoisotopic (exact) mass is 394 g/mol. The van der Waals surface area contributed by atoms with Gasteiger partial charge in [0.1, 0.15) is 0 Å². The lowest BCUT2D eigenvalue weighted by atomic mass is 9.97. The zero-order chi connectivity index (χ0) is 20.7. The van der Waals surface area contributed by atoms with Crippen LogP contribution in [0.5, 0.6) is 11.5 Å². The summed E-state index contributed by atoms with van der Waals surface area (Å²) in [5.41, 5.74) is 5.18. The van der Waals surface area contributed by atoms with Crippen molar-refractivity contribution in [1.29, 1.82) is 0 Å². The maximum Gasteiger partial charge on any atom is 0.251 e. The van der Waals surface area contributed by atoms with Crippen molar-refractivity contribution in [1.82, 2.24) is 4.90 Å². The molecule has 6 heteroatoms. The number of amides is 2. The van der Waals surface area contributed by atoms with Crippen LogP contribution in [0.3, 0.4) is 0 Å². The highest BCUT2D eigenvalue weighted by molar-refractivity contribution is 6.22. The molecular formula is C23H26N2O4. The number of hydrogen-bond donors (Lipinski definition) is 0. The van der Waals surface area contributed by atoms with Crippen LogP contribution in [0.4, 0.5) is 5.69 Å². The summed E-state index contributed by atoms with van der Waals surface area (Å²) >= 11 is 0.